The Labute approximate surface area is 120 Å². The van der Waals surface area contributed by atoms with Gasteiger partial charge in [0.05, 0.1) is 0 Å². The predicted octanol–water partition coefficient (Wildman–Crippen LogP) is 3.50. The standard InChI is InChI=1S/C17H22N2O/c1-3-13-5-7-15(8-6-13)20-17(16(18)4-2)14-9-11-19-12-10-14/h5-12,16-17H,3-4,18H2,1-2H3. The number of ether oxygens (including phenoxy) is 1. The zero-order valence-corrected chi connectivity index (χ0v) is 12.1. The third kappa shape index (κ3) is 3.58. The number of aryl methyl sites for hydroxylation is 1. The Bertz CT molecular complexity index is 510. The minimum atomic E-state index is -0.143. The predicted molar refractivity (Wildman–Crippen MR) is 81.7 cm³/mol. The molecule has 2 unspecified atom stereocenters. The molecule has 2 N–H and O–H groups in total. The van der Waals surface area contributed by atoms with Crippen LogP contribution in [0, 0.1) is 0 Å². The Hall–Kier alpha value is -1.87. The Morgan fingerprint density at radius 2 is 1.70 bits per heavy atom. The second kappa shape index (κ2) is 7.06. The van der Waals surface area contributed by atoms with E-state index < -0.39 is 0 Å². The Morgan fingerprint density at radius 3 is 2.25 bits per heavy atom. The van der Waals surface area contributed by atoms with Gasteiger partial charge in [0, 0.05) is 18.4 Å². The van der Waals surface area contributed by atoms with Crippen LogP contribution in [-0.2, 0) is 6.42 Å². The molecule has 0 amide bonds. The molecule has 2 rings (SSSR count). The minimum absolute atomic E-state index is 0.0387. The summed E-state index contributed by atoms with van der Waals surface area (Å²) in [5, 5.41) is 0. The number of rotatable bonds is 6. The Morgan fingerprint density at radius 1 is 1.05 bits per heavy atom. The molecule has 20 heavy (non-hydrogen) atoms. The maximum Gasteiger partial charge on any atom is 0.139 e. The smallest absolute Gasteiger partial charge is 0.139 e. The molecule has 0 radical (unpaired) electrons. The lowest BCUT2D eigenvalue weighted by Crippen LogP contribution is -2.31. The van der Waals surface area contributed by atoms with Crippen LogP contribution in [0.3, 0.4) is 0 Å². The zero-order chi connectivity index (χ0) is 14.4. The van der Waals surface area contributed by atoms with Gasteiger partial charge in [-0.2, -0.15) is 0 Å². The summed E-state index contributed by atoms with van der Waals surface area (Å²) in [6, 6.07) is 12.1. The van der Waals surface area contributed by atoms with Crippen molar-refractivity contribution in [2.45, 2.75) is 38.8 Å². The van der Waals surface area contributed by atoms with Crippen molar-refractivity contribution < 1.29 is 4.74 Å². The fraction of sp³-hybridized carbons (Fsp3) is 0.353. The van der Waals surface area contributed by atoms with Crippen molar-refractivity contribution in [3.05, 3.63) is 59.9 Å². The summed E-state index contributed by atoms with van der Waals surface area (Å²) >= 11 is 0. The van der Waals surface area contributed by atoms with Crippen LogP contribution in [0.15, 0.2) is 48.8 Å². The van der Waals surface area contributed by atoms with E-state index in [0.717, 1.165) is 24.2 Å². The molecule has 0 saturated heterocycles. The number of aromatic nitrogens is 1. The van der Waals surface area contributed by atoms with Crippen molar-refractivity contribution in [3.63, 3.8) is 0 Å². The largest absolute Gasteiger partial charge is 0.484 e. The quantitative estimate of drug-likeness (QED) is 0.874. The van der Waals surface area contributed by atoms with Crippen LogP contribution >= 0.6 is 0 Å². The third-order valence-corrected chi connectivity index (χ3v) is 3.49. The van der Waals surface area contributed by atoms with Gasteiger partial charge in [0.1, 0.15) is 11.9 Å². The molecular formula is C17H22N2O. The average molecular weight is 270 g/mol. The topological polar surface area (TPSA) is 48.1 Å². The summed E-state index contributed by atoms with van der Waals surface area (Å²) in [7, 11) is 0. The van der Waals surface area contributed by atoms with Crippen molar-refractivity contribution >= 4 is 0 Å². The Balaban J connectivity index is 2.19. The highest BCUT2D eigenvalue weighted by Gasteiger charge is 2.20. The molecule has 1 heterocycles. The third-order valence-electron chi connectivity index (χ3n) is 3.49. The number of nitrogens with two attached hydrogens (primary N) is 1. The summed E-state index contributed by atoms with van der Waals surface area (Å²) in [5.41, 5.74) is 8.57. The fourth-order valence-electron chi connectivity index (χ4n) is 2.12. The van der Waals surface area contributed by atoms with E-state index in [2.05, 4.69) is 31.0 Å². The first-order chi connectivity index (χ1) is 9.74. The summed E-state index contributed by atoms with van der Waals surface area (Å²) in [5.74, 6) is 0.855. The van der Waals surface area contributed by atoms with Gasteiger partial charge >= 0.3 is 0 Å². The molecule has 3 heteroatoms. The van der Waals surface area contributed by atoms with Crippen LogP contribution in [0.5, 0.6) is 5.75 Å². The summed E-state index contributed by atoms with van der Waals surface area (Å²) < 4.78 is 6.10. The molecule has 106 valence electrons. The first kappa shape index (κ1) is 14.5. The average Bonchev–Trinajstić information content (AvgIpc) is 2.53. The zero-order valence-electron chi connectivity index (χ0n) is 12.1. The molecular weight excluding hydrogens is 248 g/mol. The van der Waals surface area contributed by atoms with E-state index in [1.807, 2.05) is 24.3 Å². The second-order valence-electron chi connectivity index (χ2n) is 4.89. The van der Waals surface area contributed by atoms with Crippen molar-refractivity contribution in [1.82, 2.24) is 4.98 Å². The van der Waals surface area contributed by atoms with E-state index in [0.29, 0.717) is 0 Å². The fourth-order valence-corrected chi connectivity index (χ4v) is 2.12. The SMILES string of the molecule is CCc1ccc(OC(c2ccncc2)C(N)CC)cc1. The van der Waals surface area contributed by atoms with E-state index in [1.165, 1.54) is 5.56 Å². The van der Waals surface area contributed by atoms with Gasteiger partial charge in [0.2, 0.25) is 0 Å². The number of nitrogens with zero attached hydrogens (tertiary/aromatic N) is 1. The van der Waals surface area contributed by atoms with E-state index in [-0.39, 0.29) is 12.1 Å². The molecule has 2 atom stereocenters. The van der Waals surface area contributed by atoms with Gasteiger partial charge in [-0.05, 0) is 48.2 Å². The van der Waals surface area contributed by atoms with E-state index in [4.69, 9.17) is 10.5 Å². The van der Waals surface area contributed by atoms with Crippen LogP contribution in [0.4, 0.5) is 0 Å². The van der Waals surface area contributed by atoms with Crippen LogP contribution in [0.25, 0.3) is 0 Å². The van der Waals surface area contributed by atoms with Crippen LogP contribution in [0.1, 0.15) is 37.5 Å². The first-order valence-electron chi connectivity index (χ1n) is 7.15. The summed E-state index contributed by atoms with van der Waals surface area (Å²) in [6.07, 6.45) is 5.29. The lowest BCUT2D eigenvalue weighted by molar-refractivity contribution is 0.171. The van der Waals surface area contributed by atoms with Gasteiger partial charge in [0.15, 0.2) is 0 Å². The number of pyridine rings is 1. The normalized spacial score (nSPS) is 13.8. The van der Waals surface area contributed by atoms with Gasteiger partial charge in [-0.25, -0.2) is 0 Å². The maximum absolute atomic E-state index is 6.21. The lowest BCUT2D eigenvalue weighted by Gasteiger charge is -2.24. The maximum atomic E-state index is 6.21. The molecule has 3 nitrogen and oxygen atoms in total. The van der Waals surface area contributed by atoms with Gasteiger partial charge in [0.25, 0.3) is 0 Å². The van der Waals surface area contributed by atoms with E-state index >= 15 is 0 Å². The highest BCUT2D eigenvalue weighted by Crippen LogP contribution is 2.25. The first-order valence-corrected chi connectivity index (χ1v) is 7.15. The molecule has 0 aliphatic carbocycles. The van der Waals surface area contributed by atoms with E-state index in [9.17, 15) is 0 Å². The molecule has 0 saturated carbocycles. The van der Waals surface area contributed by atoms with Gasteiger partial charge in [-0.3, -0.25) is 4.98 Å². The van der Waals surface area contributed by atoms with Crippen LogP contribution in [0.2, 0.25) is 0 Å². The number of hydrogen-bond donors (Lipinski definition) is 1. The van der Waals surface area contributed by atoms with Crippen molar-refractivity contribution in [1.29, 1.82) is 0 Å². The van der Waals surface area contributed by atoms with Gasteiger partial charge in [-0.1, -0.05) is 26.0 Å². The molecule has 1 aromatic heterocycles. The van der Waals surface area contributed by atoms with E-state index in [1.54, 1.807) is 12.4 Å². The van der Waals surface area contributed by atoms with Crippen LogP contribution in [-0.4, -0.2) is 11.0 Å². The van der Waals surface area contributed by atoms with Crippen LogP contribution < -0.4 is 10.5 Å². The Kier molecular flexibility index (Phi) is 5.13. The van der Waals surface area contributed by atoms with Crippen molar-refractivity contribution in [3.8, 4) is 5.75 Å². The number of benzene rings is 1. The highest BCUT2D eigenvalue weighted by molar-refractivity contribution is 5.28. The molecule has 0 fully saturated rings. The molecule has 1 aromatic carbocycles. The second-order valence-corrected chi connectivity index (χ2v) is 4.89. The van der Waals surface area contributed by atoms with Gasteiger partial charge < -0.3 is 10.5 Å². The van der Waals surface area contributed by atoms with Crippen molar-refractivity contribution in [2.75, 3.05) is 0 Å². The summed E-state index contributed by atoms with van der Waals surface area (Å²) in [4.78, 5) is 4.05. The van der Waals surface area contributed by atoms with Crippen molar-refractivity contribution in [2.24, 2.45) is 5.73 Å². The lowest BCUT2D eigenvalue weighted by atomic mass is 10.0. The summed E-state index contributed by atoms with van der Waals surface area (Å²) in [6.45, 7) is 4.21. The molecule has 0 aliphatic heterocycles. The molecule has 0 spiro atoms. The molecule has 2 aromatic rings. The minimum Gasteiger partial charge on any atom is -0.484 e. The monoisotopic (exact) mass is 270 g/mol. The van der Waals surface area contributed by atoms with Gasteiger partial charge in [-0.15, -0.1) is 0 Å². The molecule has 0 aliphatic rings. The molecule has 0 bridgehead atoms. The number of hydrogen-bond acceptors (Lipinski definition) is 3. The highest BCUT2D eigenvalue weighted by atomic mass is 16.5.